The van der Waals surface area contributed by atoms with Crippen LogP contribution in [0, 0.1) is 10.1 Å². The number of rotatable bonds is 9. The Bertz CT molecular complexity index is 695. The lowest BCUT2D eigenvalue weighted by Gasteiger charge is -2.09. The number of non-ortho nitro benzene ring substituents is 1. The van der Waals surface area contributed by atoms with Gasteiger partial charge in [-0.25, -0.2) is 0 Å². The maximum atomic E-state index is 11.7. The summed E-state index contributed by atoms with van der Waals surface area (Å²) in [6, 6.07) is 8.28. The molecule has 6 nitrogen and oxygen atoms in total. The molecule has 0 radical (unpaired) electrons. The molecule has 0 spiro atoms. The average molecular weight is 386 g/mol. The maximum absolute atomic E-state index is 11.7. The van der Waals surface area contributed by atoms with Crippen LogP contribution < -0.4 is 10.6 Å². The van der Waals surface area contributed by atoms with E-state index < -0.39 is 4.92 Å². The fourth-order valence-corrected chi connectivity index (χ4v) is 3.79. The molecule has 0 atom stereocenters. The molecule has 1 aromatic heterocycles. The Morgan fingerprint density at radius 2 is 2.17 bits per heavy atom. The molecule has 0 aliphatic heterocycles. The van der Waals surface area contributed by atoms with Crippen LogP contribution in [0.2, 0.25) is 5.02 Å². The summed E-state index contributed by atoms with van der Waals surface area (Å²) in [5.74, 6) is 1.23. The molecule has 0 saturated carbocycles. The third-order valence-corrected chi connectivity index (χ3v) is 5.34. The number of nitrogens with zero attached hydrogens (tertiary/aromatic N) is 1. The third kappa shape index (κ3) is 6.03. The predicted octanol–water partition coefficient (Wildman–Crippen LogP) is 3.77. The first-order valence-corrected chi connectivity index (χ1v) is 9.52. The van der Waals surface area contributed by atoms with Gasteiger partial charge in [0.1, 0.15) is 0 Å². The molecule has 2 N–H and O–H groups in total. The third-order valence-electron chi connectivity index (χ3n) is 2.98. The van der Waals surface area contributed by atoms with Gasteiger partial charge in [0.05, 0.1) is 21.4 Å². The van der Waals surface area contributed by atoms with Crippen LogP contribution in [0.5, 0.6) is 0 Å². The van der Waals surface area contributed by atoms with E-state index in [2.05, 4.69) is 10.6 Å². The smallest absolute Gasteiger partial charge is 0.271 e. The molecule has 9 heteroatoms. The van der Waals surface area contributed by atoms with Gasteiger partial charge in [-0.2, -0.15) is 0 Å². The minimum Gasteiger partial charge on any atom is -0.382 e. The van der Waals surface area contributed by atoms with E-state index in [0.29, 0.717) is 24.5 Å². The van der Waals surface area contributed by atoms with Gasteiger partial charge >= 0.3 is 0 Å². The molecule has 2 rings (SSSR count). The van der Waals surface area contributed by atoms with Gasteiger partial charge in [0.2, 0.25) is 5.91 Å². The first-order chi connectivity index (χ1) is 11.6. The standard InChI is InChI=1S/C15H16ClN3O3S2/c16-13-8-11(19(21)22)3-4-14(13)17-5-6-18-15(20)10-23-9-12-2-1-7-24-12/h1-4,7-8,17H,5-6,9-10H2,(H,18,20). The van der Waals surface area contributed by atoms with Crippen LogP contribution >= 0.6 is 34.7 Å². The van der Waals surface area contributed by atoms with Crippen LogP contribution in [0.1, 0.15) is 4.88 Å². The Balaban J connectivity index is 1.63. The largest absolute Gasteiger partial charge is 0.382 e. The molecule has 1 amide bonds. The quantitative estimate of drug-likeness (QED) is 0.390. The number of benzene rings is 1. The summed E-state index contributed by atoms with van der Waals surface area (Å²) in [6.07, 6.45) is 0. The number of nitro benzene ring substituents is 1. The topological polar surface area (TPSA) is 84.3 Å². The normalized spacial score (nSPS) is 10.4. The number of carbonyl (C=O) groups excluding carboxylic acids is 1. The summed E-state index contributed by atoms with van der Waals surface area (Å²) in [5.41, 5.74) is 0.546. The van der Waals surface area contributed by atoms with E-state index in [1.807, 2.05) is 17.5 Å². The van der Waals surface area contributed by atoms with Crippen LogP contribution in [-0.2, 0) is 10.5 Å². The van der Waals surface area contributed by atoms with E-state index in [0.717, 1.165) is 5.75 Å². The fraction of sp³-hybridized carbons (Fsp3) is 0.267. The summed E-state index contributed by atoms with van der Waals surface area (Å²) in [4.78, 5) is 23.1. The van der Waals surface area contributed by atoms with Crippen molar-refractivity contribution in [2.24, 2.45) is 0 Å². The number of anilines is 1. The van der Waals surface area contributed by atoms with Crippen molar-refractivity contribution in [3.63, 3.8) is 0 Å². The van der Waals surface area contributed by atoms with E-state index in [9.17, 15) is 14.9 Å². The molecule has 24 heavy (non-hydrogen) atoms. The number of halogens is 1. The number of nitro groups is 1. The maximum Gasteiger partial charge on any atom is 0.271 e. The van der Waals surface area contributed by atoms with Crippen molar-refractivity contribution < 1.29 is 9.72 Å². The van der Waals surface area contributed by atoms with E-state index in [1.165, 1.54) is 17.0 Å². The van der Waals surface area contributed by atoms with Crippen molar-refractivity contribution in [1.29, 1.82) is 0 Å². The summed E-state index contributed by atoms with van der Waals surface area (Å²) in [7, 11) is 0. The Morgan fingerprint density at radius 1 is 1.33 bits per heavy atom. The number of carbonyl (C=O) groups is 1. The van der Waals surface area contributed by atoms with Crippen LogP contribution in [0.4, 0.5) is 11.4 Å². The Morgan fingerprint density at radius 3 is 2.83 bits per heavy atom. The zero-order valence-corrected chi connectivity index (χ0v) is 15.0. The lowest BCUT2D eigenvalue weighted by molar-refractivity contribution is -0.384. The minimum absolute atomic E-state index is 0.0202. The molecule has 0 bridgehead atoms. The van der Waals surface area contributed by atoms with Crippen LogP contribution in [0.15, 0.2) is 35.7 Å². The Labute approximate surface area is 152 Å². The van der Waals surface area contributed by atoms with Crippen LogP contribution in [0.25, 0.3) is 0 Å². The SMILES string of the molecule is O=C(CSCc1cccs1)NCCNc1ccc([N+](=O)[O-])cc1Cl. The van der Waals surface area contributed by atoms with Crippen LogP contribution in [-0.4, -0.2) is 29.7 Å². The number of nitrogens with one attached hydrogen (secondary N) is 2. The highest BCUT2D eigenvalue weighted by Crippen LogP contribution is 2.26. The highest BCUT2D eigenvalue weighted by molar-refractivity contribution is 7.99. The molecule has 1 heterocycles. The van der Waals surface area contributed by atoms with Gasteiger partial charge in [-0.15, -0.1) is 23.1 Å². The molecular weight excluding hydrogens is 370 g/mol. The minimum atomic E-state index is -0.496. The van der Waals surface area contributed by atoms with Crippen molar-refractivity contribution in [2.75, 3.05) is 24.2 Å². The summed E-state index contributed by atoms with van der Waals surface area (Å²) >= 11 is 9.23. The molecule has 0 aliphatic rings. The van der Waals surface area contributed by atoms with Gasteiger partial charge in [0.25, 0.3) is 5.69 Å². The van der Waals surface area contributed by atoms with Crippen molar-refractivity contribution in [2.45, 2.75) is 5.75 Å². The molecular formula is C15H16ClN3O3S2. The number of hydrogen-bond donors (Lipinski definition) is 2. The Kier molecular flexibility index (Phi) is 7.36. The van der Waals surface area contributed by atoms with E-state index >= 15 is 0 Å². The number of thioether (sulfide) groups is 1. The first kappa shape index (κ1) is 18.6. The molecule has 0 unspecified atom stereocenters. The van der Waals surface area contributed by atoms with Gasteiger partial charge in [-0.05, 0) is 17.5 Å². The first-order valence-electron chi connectivity index (χ1n) is 7.11. The van der Waals surface area contributed by atoms with Gasteiger partial charge in [0.15, 0.2) is 0 Å². The van der Waals surface area contributed by atoms with Gasteiger partial charge in [-0.3, -0.25) is 14.9 Å². The van der Waals surface area contributed by atoms with Gasteiger partial charge in [-0.1, -0.05) is 17.7 Å². The van der Waals surface area contributed by atoms with E-state index in [4.69, 9.17) is 11.6 Å². The van der Waals surface area contributed by atoms with Gasteiger partial charge < -0.3 is 10.6 Å². The summed E-state index contributed by atoms with van der Waals surface area (Å²) in [6.45, 7) is 0.935. The highest BCUT2D eigenvalue weighted by Gasteiger charge is 2.09. The second kappa shape index (κ2) is 9.51. The van der Waals surface area contributed by atoms with Crippen LogP contribution in [0.3, 0.4) is 0 Å². The predicted molar refractivity (Wildman–Crippen MR) is 100 cm³/mol. The van der Waals surface area contributed by atoms with Crippen molar-refractivity contribution in [3.8, 4) is 0 Å². The second-order valence-corrected chi connectivity index (χ2v) is 7.20. The summed E-state index contributed by atoms with van der Waals surface area (Å²) < 4.78 is 0. The lowest BCUT2D eigenvalue weighted by atomic mass is 10.3. The molecule has 0 saturated heterocycles. The highest BCUT2D eigenvalue weighted by atomic mass is 35.5. The van der Waals surface area contributed by atoms with E-state index in [-0.39, 0.29) is 16.6 Å². The number of thiophene rings is 1. The monoisotopic (exact) mass is 385 g/mol. The van der Waals surface area contributed by atoms with Crippen molar-refractivity contribution in [1.82, 2.24) is 5.32 Å². The fourth-order valence-electron chi connectivity index (χ4n) is 1.85. The molecule has 1 aromatic carbocycles. The molecule has 2 aromatic rings. The molecule has 0 aliphatic carbocycles. The summed E-state index contributed by atoms with van der Waals surface area (Å²) in [5, 5.41) is 18.8. The zero-order valence-electron chi connectivity index (χ0n) is 12.7. The average Bonchev–Trinajstić information content (AvgIpc) is 3.06. The van der Waals surface area contributed by atoms with Crippen molar-refractivity contribution >= 4 is 52.0 Å². The lowest BCUT2D eigenvalue weighted by Crippen LogP contribution is -2.30. The number of amides is 1. The second-order valence-electron chi connectivity index (χ2n) is 4.77. The van der Waals surface area contributed by atoms with Gasteiger partial charge in [0, 0.05) is 35.9 Å². The van der Waals surface area contributed by atoms with E-state index in [1.54, 1.807) is 29.2 Å². The number of hydrogen-bond acceptors (Lipinski definition) is 6. The molecule has 0 fully saturated rings. The Hall–Kier alpha value is -1.77. The molecule has 128 valence electrons. The van der Waals surface area contributed by atoms with Crippen molar-refractivity contribution in [3.05, 3.63) is 55.7 Å². The zero-order chi connectivity index (χ0) is 17.4.